The average Bonchev–Trinajstić information content (AvgIpc) is 2.18. The van der Waals surface area contributed by atoms with E-state index in [9.17, 15) is 0 Å². The Morgan fingerprint density at radius 3 is 3.00 bits per heavy atom. The molecule has 0 amide bonds. The zero-order valence-electron chi connectivity index (χ0n) is 7.71. The number of benzene rings is 1. The third-order valence-corrected chi connectivity index (χ3v) is 2.01. The van der Waals surface area contributed by atoms with Gasteiger partial charge in [0.15, 0.2) is 0 Å². The first-order chi connectivity index (χ1) is 6.40. The van der Waals surface area contributed by atoms with Crippen LogP contribution in [-0.4, -0.2) is 0 Å². The third kappa shape index (κ3) is 1.66. The molecule has 0 radical (unpaired) electrons. The zero-order valence-corrected chi connectivity index (χ0v) is 7.71. The number of hydrogen-bond donors (Lipinski definition) is 1. The van der Waals surface area contributed by atoms with Gasteiger partial charge in [0.1, 0.15) is 11.5 Å². The molecular formula is C11H13NO. The van der Waals surface area contributed by atoms with Gasteiger partial charge in [-0.2, -0.15) is 0 Å². The van der Waals surface area contributed by atoms with Crippen molar-refractivity contribution in [3.63, 3.8) is 0 Å². The van der Waals surface area contributed by atoms with E-state index in [0.29, 0.717) is 0 Å². The summed E-state index contributed by atoms with van der Waals surface area (Å²) in [5, 5.41) is 3.21. The Bertz CT molecular complexity index is 331. The fourth-order valence-electron chi connectivity index (χ4n) is 1.37. The number of ether oxygens (including phenoxy) is 1. The molecule has 68 valence electrons. The number of para-hydroxylation sites is 2. The van der Waals surface area contributed by atoms with Crippen molar-refractivity contribution in [2.45, 2.75) is 19.8 Å². The topological polar surface area (TPSA) is 21.3 Å². The molecule has 1 aliphatic rings. The maximum absolute atomic E-state index is 5.67. The van der Waals surface area contributed by atoms with E-state index in [1.807, 2.05) is 30.5 Å². The first-order valence-corrected chi connectivity index (χ1v) is 4.62. The molecule has 2 rings (SSSR count). The molecule has 0 bridgehead atoms. The maximum atomic E-state index is 5.67. The summed E-state index contributed by atoms with van der Waals surface area (Å²) in [6.45, 7) is 2.14. The second-order valence-electron chi connectivity index (χ2n) is 3.10. The van der Waals surface area contributed by atoms with Crippen LogP contribution in [0.1, 0.15) is 19.8 Å². The summed E-state index contributed by atoms with van der Waals surface area (Å²) >= 11 is 0. The summed E-state index contributed by atoms with van der Waals surface area (Å²) in [4.78, 5) is 0. The fourth-order valence-corrected chi connectivity index (χ4v) is 1.37. The van der Waals surface area contributed by atoms with E-state index in [-0.39, 0.29) is 0 Å². The quantitative estimate of drug-likeness (QED) is 0.745. The van der Waals surface area contributed by atoms with Gasteiger partial charge in [-0.3, -0.25) is 0 Å². The monoisotopic (exact) mass is 175 g/mol. The molecule has 1 aromatic carbocycles. The van der Waals surface area contributed by atoms with Crippen molar-refractivity contribution in [2.24, 2.45) is 0 Å². The number of anilines is 1. The Labute approximate surface area is 78.2 Å². The van der Waals surface area contributed by atoms with Crippen molar-refractivity contribution in [1.29, 1.82) is 0 Å². The summed E-state index contributed by atoms with van der Waals surface area (Å²) in [7, 11) is 0. The molecule has 0 saturated heterocycles. The number of fused-ring (bicyclic) bond motifs is 1. The number of nitrogens with one attached hydrogen (secondary N) is 1. The van der Waals surface area contributed by atoms with E-state index < -0.39 is 0 Å². The molecule has 2 heteroatoms. The van der Waals surface area contributed by atoms with E-state index in [2.05, 4.69) is 12.2 Å². The second-order valence-corrected chi connectivity index (χ2v) is 3.10. The van der Waals surface area contributed by atoms with Crippen LogP contribution in [0.15, 0.2) is 36.2 Å². The lowest BCUT2D eigenvalue weighted by molar-refractivity contribution is 0.397. The molecule has 0 aliphatic carbocycles. The van der Waals surface area contributed by atoms with Gasteiger partial charge in [-0.1, -0.05) is 19.1 Å². The van der Waals surface area contributed by atoms with Crippen LogP contribution in [0, 0.1) is 0 Å². The first-order valence-electron chi connectivity index (χ1n) is 4.62. The van der Waals surface area contributed by atoms with Crippen molar-refractivity contribution in [3.8, 4) is 5.75 Å². The third-order valence-electron chi connectivity index (χ3n) is 2.01. The van der Waals surface area contributed by atoms with E-state index in [4.69, 9.17) is 4.74 Å². The highest BCUT2D eigenvalue weighted by molar-refractivity contribution is 5.60. The van der Waals surface area contributed by atoms with Crippen LogP contribution in [0.2, 0.25) is 0 Å². The number of allylic oxidation sites excluding steroid dienone is 1. The summed E-state index contributed by atoms with van der Waals surface area (Å²) in [5.74, 6) is 1.94. The molecule has 0 aromatic heterocycles. The van der Waals surface area contributed by atoms with Crippen molar-refractivity contribution in [2.75, 3.05) is 5.32 Å². The van der Waals surface area contributed by atoms with Crippen molar-refractivity contribution in [1.82, 2.24) is 0 Å². The highest BCUT2D eigenvalue weighted by atomic mass is 16.5. The SMILES string of the molecule is CCCC1=CNc2ccccc2O1. The summed E-state index contributed by atoms with van der Waals surface area (Å²) in [6.07, 6.45) is 4.03. The van der Waals surface area contributed by atoms with Crippen molar-refractivity contribution >= 4 is 5.69 Å². The predicted octanol–water partition coefficient (Wildman–Crippen LogP) is 3.13. The average molecular weight is 175 g/mol. The lowest BCUT2D eigenvalue weighted by Gasteiger charge is -2.18. The van der Waals surface area contributed by atoms with E-state index >= 15 is 0 Å². The minimum Gasteiger partial charge on any atom is -0.458 e. The van der Waals surface area contributed by atoms with Crippen LogP contribution in [0.4, 0.5) is 5.69 Å². The van der Waals surface area contributed by atoms with Gasteiger partial charge in [-0.05, 0) is 18.6 Å². The molecule has 1 aromatic rings. The summed E-state index contributed by atoms with van der Waals surface area (Å²) in [6, 6.07) is 7.96. The Balaban J connectivity index is 2.18. The first kappa shape index (κ1) is 8.17. The summed E-state index contributed by atoms with van der Waals surface area (Å²) in [5.41, 5.74) is 1.04. The van der Waals surface area contributed by atoms with Crippen LogP contribution in [-0.2, 0) is 0 Å². The maximum Gasteiger partial charge on any atom is 0.150 e. The van der Waals surface area contributed by atoms with Gasteiger partial charge in [0, 0.05) is 12.6 Å². The van der Waals surface area contributed by atoms with E-state index in [1.54, 1.807) is 0 Å². The normalized spacial score (nSPS) is 13.8. The highest BCUT2D eigenvalue weighted by Crippen LogP contribution is 2.30. The van der Waals surface area contributed by atoms with Gasteiger partial charge in [0.05, 0.1) is 5.69 Å². The minimum absolute atomic E-state index is 0.924. The Kier molecular flexibility index (Phi) is 2.21. The molecule has 2 nitrogen and oxygen atoms in total. The lowest BCUT2D eigenvalue weighted by Crippen LogP contribution is -2.06. The molecule has 0 saturated carbocycles. The molecule has 1 N–H and O–H groups in total. The standard InChI is InChI=1S/C11H13NO/c1-2-5-9-8-12-10-6-3-4-7-11(10)13-9/h3-4,6-8,12H,2,5H2,1H3. The van der Waals surface area contributed by atoms with Crippen LogP contribution < -0.4 is 10.1 Å². The Hall–Kier alpha value is -1.44. The number of hydrogen-bond acceptors (Lipinski definition) is 2. The molecule has 13 heavy (non-hydrogen) atoms. The fraction of sp³-hybridized carbons (Fsp3) is 0.273. The van der Waals surface area contributed by atoms with Crippen LogP contribution in [0.25, 0.3) is 0 Å². The zero-order chi connectivity index (χ0) is 9.10. The molecule has 0 atom stereocenters. The van der Waals surface area contributed by atoms with Gasteiger partial charge in [-0.25, -0.2) is 0 Å². The lowest BCUT2D eigenvalue weighted by atomic mass is 10.2. The van der Waals surface area contributed by atoms with Crippen LogP contribution >= 0.6 is 0 Å². The smallest absolute Gasteiger partial charge is 0.150 e. The molecular weight excluding hydrogens is 162 g/mol. The highest BCUT2D eigenvalue weighted by Gasteiger charge is 2.09. The van der Waals surface area contributed by atoms with Crippen molar-refractivity contribution in [3.05, 3.63) is 36.2 Å². The molecule has 0 spiro atoms. The van der Waals surface area contributed by atoms with E-state index in [1.165, 1.54) is 0 Å². The predicted molar refractivity (Wildman–Crippen MR) is 53.7 cm³/mol. The largest absolute Gasteiger partial charge is 0.458 e. The van der Waals surface area contributed by atoms with Crippen LogP contribution in [0.3, 0.4) is 0 Å². The van der Waals surface area contributed by atoms with Gasteiger partial charge in [0.2, 0.25) is 0 Å². The molecule has 0 fully saturated rings. The molecule has 0 unspecified atom stereocenters. The van der Waals surface area contributed by atoms with Gasteiger partial charge >= 0.3 is 0 Å². The van der Waals surface area contributed by atoms with Crippen LogP contribution in [0.5, 0.6) is 5.75 Å². The minimum atomic E-state index is 0.924. The van der Waals surface area contributed by atoms with E-state index in [0.717, 1.165) is 30.0 Å². The number of rotatable bonds is 2. The molecule has 1 heterocycles. The van der Waals surface area contributed by atoms with Crippen molar-refractivity contribution < 1.29 is 4.74 Å². The second kappa shape index (κ2) is 3.52. The van der Waals surface area contributed by atoms with Gasteiger partial charge < -0.3 is 10.1 Å². The molecule has 1 aliphatic heterocycles. The Morgan fingerprint density at radius 2 is 2.15 bits per heavy atom. The van der Waals surface area contributed by atoms with Gasteiger partial charge in [0.25, 0.3) is 0 Å². The summed E-state index contributed by atoms with van der Waals surface area (Å²) < 4.78 is 5.67. The van der Waals surface area contributed by atoms with Gasteiger partial charge in [-0.15, -0.1) is 0 Å². The Morgan fingerprint density at radius 1 is 1.31 bits per heavy atom.